The second-order valence-corrected chi connectivity index (χ2v) is 8.87. The molecule has 3 heterocycles. The zero-order valence-electron chi connectivity index (χ0n) is 20.3. The van der Waals surface area contributed by atoms with Crippen LogP contribution in [0.15, 0.2) is 48.0 Å². The summed E-state index contributed by atoms with van der Waals surface area (Å²) in [5.74, 6) is 0.116. The Morgan fingerprint density at radius 2 is 1.86 bits per heavy atom. The highest BCUT2D eigenvalue weighted by molar-refractivity contribution is 6.46. The van der Waals surface area contributed by atoms with E-state index in [2.05, 4.69) is 4.90 Å². The zero-order valence-corrected chi connectivity index (χ0v) is 20.3. The number of morpholine rings is 1. The van der Waals surface area contributed by atoms with Crippen molar-refractivity contribution in [1.82, 2.24) is 9.80 Å². The molecule has 9 nitrogen and oxygen atoms in total. The number of Topliss-reactive ketones (excluding diaryl/α,β-unsaturated/α-hetero) is 1. The fraction of sp³-hybridized carbons (Fsp3) is 0.407. The van der Waals surface area contributed by atoms with E-state index >= 15 is 0 Å². The molecule has 3 aliphatic rings. The lowest BCUT2D eigenvalue weighted by Crippen LogP contribution is -2.38. The quantitative estimate of drug-likeness (QED) is 0.340. The van der Waals surface area contributed by atoms with Gasteiger partial charge in [-0.15, -0.1) is 0 Å². The summed E-state index contributed by atoms with van der Waals surface area (Å²) in [5, 5.41) is 11.3. The number of nitrogens with zero attached hydrogens (tertiary/aromatic N) is 2. The predicted molar refractivity (Wildman–Crippen MR) is 131 cm³/mol. The fourth-order valence-electron chi connectivity index (χ4n) is 4.89. The van der Waals surface area contributed by atoms with Crippen molar-refractivity contribution >= 4 is 17.4 Å². The van der Waals surface area contributed by atoms with Crippen molar-refractivity contribution in [2.24, 2.45) is 0 Å². The van der Waals surface area contributed by atoms with E-state index in [1.807, 2.05) is 31.2 Å². The maximum atomic E-state index is 13.3. The molecule has 2 saturated heterocycles. The van der Waals surface area contributed by atoms with Gasteiger partial charge in [0, 0.05) is 31.7 Å². The number of hydrogen-bond acceptors (Lipinski definition) is 8. The standard InChI is InChI=1S/C27H30N2O7/c1-2-34-20-6-3-5-18(15-20)24-23(25(30)19-7-8-21-22(16-19)36-17-35-21)26(31)27(32)29(24)10-4-9-28-11-13-33-14-12-28/h3,5-8,15-16,24,30H,2,4,9-14,17H2,1H3. The summed E-state index contributed by atoms with van der Waals surface area (Å²) in [4.78, 5) is 30.4. The van der Waals surface area contributed by atoms with Crippen molar-refractivity contribution in [2.75, 3.05) is 52.8 Å². The van der Waals surface area contributed by atoms with Gasteiger partial charge in [-0.05, 0) is 49.2 Å². The minimum atomic E-state index is -0.736. The number of aliphatic hydroxyl groups excluding tert-OH is 1. The van der Waals surface area contributed by atoms with Gasteiger partial charge in [-0.2, -0.15) is 0 Å². The first-order chi connectivity index (χ1) is 17.6. The van der Waals surface area contributed by atoms with Gasteiger partial charge in [0.2, 0.25) is 6.79 Å². The molecule has 190 valence electrons. The normalized spacial score (nSPS) is 21.2. The van der Waals surface area contributed by atoms with E-state index in [9.17, 15) is 14.7 Å². The van der Waals surface area contributed by atoms with E-state index in [0.717, 1.165) is 19.6 Å². The molecular formula is C27H30N2O7. The first-order valence-corrected chi connectivity index (χ1v) is 12.3. The van der Waals surface area contributed by atoms with Crippen LogP contribution in [-0.4, -0.2) is 79.4 Å². The van der Waals surface area contributed by atoms with E-state index in [1.54, 1.807) is 23.1 Å². The van der Waals surface area contributed by atoms with Crippen LogP contribution in [0, 0.1) is 0 Å². The minimum absolute atomic E-state index is 0.0545. The van der Waals surface area contributed by atoms with E-state index < -0.39 is 17.7 Å². The molecule has 1 N–H and O–H groups in total. The van der Waals surface area contributed by atoms with Gasteiger partial charge in [-0.3, -0.25) is 14.5 Å². The average molecular weight is 495 g/mol. The number of ketones is 1. The summed E-state index contributed by atoms with van der Waals surface area (Å²) in [7, 11) is 0. The highest BCUT2D eigenvalue weighted by atomic mass is 16.7. The maximum Gasteiger partial charge on any atom is 0.295 e. The Balaban J connectivity index is 1.49. The number of amides is 1. The molecule has 0 radical (unpaired) electrons. The van der Waals surface area contributed by atoms with Crippen LogP contribution >= 0.6 is 0 Å². The Morgan fingerprint density at radius 1 is 1.06 bits per heavy atom. The number of fused-ring (bicyclic) bond motifs is 1. The third kappa shape index (κ3) is 4.76. The molecule has 2 fully saturated rings. The molecule has 2 aromatic rings. The largest absolute Gasteiger partial charge is 0.507 e. The van der Waals surface area contributed by atoms with Gasteiger partial charge >= 0.3 is 0 Å². The summed E-state index contributed by atoms with van der Waals surface area (Å²) in [6.45, 7) is 6.74. The van der Waals surface area contributed by atoms with Crippen LogP contribution in [0.25, 0.3) is 5.76 Å². The number of carbonyl (C=O) groups is 2. The number of rotatable bonds is 8. The third-order valence-corrected chi connectivity index (χ3v) is 6.65. The van der Waals surface area contributed by atoms with Gasteiger partial charge in [0.05, 0.1) is 31.4 Å². The Labute approximate surface area is 209 Å². The van der Waals surface area contributed by atoms with Crippen molar-refractivity contribution in [3.05, 3.63) is 59.2 Å². The lowest BCUT2D eigenvalue weighted by atomic mass is 9.95. The molecular weight excluding hydrogens is 464 g/mol. The SMILES string of the molecule is CCOc1cccc(C2C(=C(O)c3ccc4c(c3)OCO4)C(=O)C(=O)N2CCCN2CCOCC2)c1. The van der Waals surface area contributed by atoms with E-state index in [1.165, 1.54) is 0 Å². The van der Waals surface area contributed by atoms with Crippen LogP contribution in [0.1, 0.15) is 30.5 Å². The Kier molecular flexibility index (Phi) is 7.11. The molecule has 0 spiro atoms. The van der Waals surface area contributed by atoms with Crippen molar-refractivity contribution in [2.45, 2.75) is 19.4 Å². The van der Waals surface area contributed by atoms with Gasteiger partial charge in [-0.25, -0.2) is 0 Å². The molecule has 0 aromatic heterocycles. The summed E-state index contributed by atoms with van der Waals surface area (Å²) < 4.78 is 21.9. The number of carbonyl (C=O) groups excluding carboxylic acids is 2. The molecule has 0 bridgehead atoms. The van der Waals surface area contributed by atoms with E-state index in [4.69, 9.17) is 18.9 Å². The molecule has 0 saturated carbocycles. The highest BCUT2D eigenvalue weighted by Crippen LogP contribution is 2.42. The minimum Gasteiger partial charge on any atom is -0.507 e. The second-order valence-electron chi connectivity index (χ2n) is 8.87. The summed E-state index contributed by atoms with van der Waals surface area (Å²) in [6.07, 6.45) is 0.693. The lowest BCUT2D eigenvalue weighted by molar-refractivity contribution is -0.140. The van der Waals surface area contributed by atoms with Crippen LogP contribution in [0.5, 0.6) is 17.2 Å². The molecule has 36 heavy (non-hydrogen) atoms. The second kappa shape index (κ2) is 10.6. The summed E-state index contributed by atoms with van der Waals surface area (Å²) in [5.41, 5.74) is 1.14. The Morgan fingerprint density at radius 3 is 2.67 bits per heavy atom. The molecule has 5 rings (SSSR count). The van der Waals surface area contributed by atoms with Crippen LogP contribution in [0.3, 0.4) is 0 Å². The van der Waals surface area contributed by atoms with Crippen LogP contribution in [0.2, 0.25) is 0 Å². The van der Waals surface area contributed by atoms with Gasteiger partial charge in [-0.1, -0.05) is 12.1 Å². The van der Waals surface area contributed by atoms with Crippen LogP contribution in [-0.2, 0) is 14.3 Å². The molecule has 3 aliphatic heterocycles. The first kappa shape index (κ1) is 24.1. The van der Waals surface area contributed by atoms with Crippen molar-refractivity contribution in [3.8, 4) is 17.2 Å². The van der Waals surface area contributed by atoms with Crippen molar-refractivity contribution in [3.63, 3.8) is 0 Å². The Hall–Kier alpha value is -3.56. The summed E-state index contributed by atoms with van der Waals surface area (Å²) in [6, 6.07) is 11.5. The highest BCUT2D eigenvalue weighted by Gasteiger charge is 2.46. The van der Waals surface area contributed by atoms with Gasteiger partial charge < -0.3 is 29.0 Å². The maximum absolute atomic E-state index is 13.3. The third-order valence-electron chi connectivity index (χ3n) is 6.65. The van der Waals surface area contributed by atoms with Crippen LogP contribution in [0.4, 0.5) is 0 Å². The van der Waals surface area contributed by atoms with E-state index in [-0.39, 0.29) is 18.1 Å². The molecule has 9 heteroatoms. The average Bonchev–Trinajstić information content (AvgIpc) is 3.47. The van der Waals surface area contributed by atoms with Gasteiger partial charge in [0.25, 0.3) is 11.7 Å². The monoisotopic (exact) mass is 494 g/mol. The van der Waals surface area contributed by atoms with Crippen molar-refractivity contribution in [1.29, 1.82) is 0 Å². The smallest absolute Gasteiger partial charge is 0.295 e. The van der Waals surface area contributed by atoms with Gasteiger partial charge in [0.1, 0.15) is 11.5 Å². The number of benzene rings is 2. The molecule has 1 atom stereocenters. The first-order valence-electron chi connectivity index (χ1n) is 12.3. The number of ether oxygens (including phenoxy) is 4. The molecule has 0 aliphatic carbocycles. The molecule has 1 amide bonds. The Bertz CT molecular complexity index is 1170. The van der Waals surface area contributed by atoms with E-state index in [0.29, 0.717) is 61.2 Å². The van der Waals surface area contributed by atoms with Gasteiger partial charge in [0.15, 0.2) is 11.5 Å². The number of likely N-dealkylation sites (tertiary alicyclic amines) is 1. The summed E-state index contributed by atoms with van der Waals surface area (Å²) >= 11 is 0. The molecule has 1 unspecified atom stereocenters. The number of hydrogen-bond donors (Lipinski definition) is 1. The predicted octanol–water partition coefficient (Wildman–Crippen LogP) is 2.96. The zero-order chi connectivity index (χ0) is 25.1. The van der Waals surface area contributed by atoms with Crippen LogP contribution < -0.4 is 14.2 Å². The lowest BCUT2D eigenvalue weighted by Gasteiger charge is -2.29. The fourth-order valence-corrected chi connectivity index (χ4v) is 4.89. The molecule has 2 aromatic carbocycles. The number of aliphatic hydroxyl groups is 1. The topological polar surface area (TPSA) is 97.8 Å². The van der Waals surface area contributed by atoms with Crippen molar-refractivity contribution < 1.29 is 33.6 Å².